The number of anilines is 2. The molecular weight excluding hydrogens is 450 g/mol. The maximum Gasteiger partial charge on any atom is 0.306 e. The number of fused-ring (bicyclic) bond motifs is 1. The van der Waals surface area contributed by atoms with Crippen LogP contribution >= 0.6 is 11.6 Å². The van der Waals surface area contributed by atoms with Gasteiger partial charge in [-0.2, -0.15) is 5.26 Å². The number of nitrogens with one attached hydrogen (secondary N) is 1. The number of hydrogen-bond acceptors (Lipinski definition) is 6. The van der Waals surface area contributed by atoms with Gasteiger partial charge in [0.15, 0.2) is 0 Å². The second-order valence-corrected chi connectivity index (χ2v) is 9.25. The lowest BCUT2D eigenvalue weighted by atomic mass is 9.96. The van der Waals surface area contributed by atoms with Gasteiger partial charge in [-0.05, 0) is 62.8 Å². The molecule has 1 aliphatic carbocycles. The highest BCUT2D eigenvalue weighted by molar-refractivity contribution is 6.33. The molecule has 0 bridgehead atoms. The van der Waals surface area contributed by atoms with Crippen molar-refractivity contribution in [2.24, 2.45) is 0 Å². The number of rotatable bonds is 11. The maximum absolute atomic E-state index is 12.0. The average Bonchev–Trinajstić information content (AvgIpc) is 3.24. The first-order valence-electron chi connectivity index (χ1n) is 12.1. The van der Waals surface area contributed by atoms with E-state index in [1.165, 1.54) is 6.42 Å². The molecule has 7 nitrogen and oxygen atoms in total. The lowest BCUT2D eigenvalue weighted by molar-refractivity contribution is -0.153. The van der Waals surface area contributed by atoms with E-state index in [1.54, 1.807) is 24.5 Å². The van der Waals surface area contributed by atoms with E-state index in [9.17, 15) is 4.79 Å². The summed E-state index contributed by atoms with van der Waals surface area (Å²) in [7, 11) is 0. The van der Waals surface area contributed by atoms with Crippen LogP contribution in [0.1, 0.15) is 76.3 Å². The molecule has 0 aliphatic heterocycles. The quantitative estimate of drug-likeness (QED) is 0.243. The van der Waals surface area contributed by atoms with Gasteiger partial charge in [0.2, 0.25) is 0 Å². The first kappa shape index (κ1) is 24.0. The van der Waals surface area contributed by atoms with Gasteiger partial charge in [0, 0.05) is 18.7 Å². The Labute approximate surface area is 205 Å². The second kappa shape index (κ2) is 11.3. The Hall–Kier alpha value is -3.11. The zero-order chi connectivity index (χ0) is 23.9. The molecule has 0 amide bonds. The van der Waals surface area contributed by atoms with E-state index in [0.717, 1.165) is 56.0 Å². The van der Waals surface area contributed by atoms with E-state index >= 15 is 0 Å². The number of ether oxygens (including phenoxy) is 1. The molecule has 4 rings (SSSR count). The van der Waals surface area contributed by atoms with Gasteiger partial charge in [0.1, 0.15) is 23.9 Å². The van der Waals surface area contributed by atoms with Gasteiger partial charge in [-0.1, -0.05) is 31.4 Å². The fourth-order valence-corrected chi connectivity index (χ4v) is 4.55. The Kier molecular flexibility index (Phi) is 8.02. The highest BCUT2D eigenvalue weighted by Crippen LogP contribution is 2.32. The summed E-state index contributed by atoms with van der Waals surface area (Å²) < 4.78 is 7.68. The normalized spacial score (nSPS) is 14.4. The molecule has 178 valence electrons. The number of unbranched alkanes of at least 4 members (excludes halogenated alkanes) is 1. The Morgan fingerprint density at radius 1 is 1.29 bits per heavy atom. The molecule has 2 aromatic heterocycles. The summed E-state index contributed by atoms with van der Waals surface area (Å²) in [5.41, 5.74) is 2.06. The Morgan fingerprint density at radius 3 is 2.85 bits per heavy atom. The van der Waals surface area contributed by atoms with Gasteiger partial charge in [0.25, 0.3) is 0 Å². The minimum atomic E-state index is -0.0620. The van der Waals surface area contributed by atoms with Gasteiger partial charge in [-0.15, -0.1) is 0 Å². The van der Waals surface area contributed by atoms with Gasteiger partial charge in [-0.3, -0.25) is 4.79 Å². The summed E-state index contributed by atoms with van der Waals surface area (Å²) in [6, 6.07) is 9.54. The lowest BCUT2D eigenvalue weighted by Gasteiger charge is -2.25. The van der Waals surface area contributed by atoms with Crippen LogP contribution in [0.15, 0.2) is 36.8 Å². The van der Waals surface area contributed by atoms with E-state index in [2.05, 4.69) is 39.0 Å². The van der Waals surface area contributed by atoms with Crippen molar-refractivity contribution < 1.29 is 9.53 Å². The van der Waals surface area contributed by atoms with Crippen LogP contribution in [-0.2, 0) is 9.53 Å². The van der Waals surface area contributed by atoms with E-state index in [1.807, 2.05) is 6.07 Å². The van der Waals surface area contributed by atoms with E-state index in [0.29, 0.717) is 34.6 Å². The minimum absolute atomic E-state index is 0.0620. The monoisotopic (exact) mass is 479 g/mol. The molecule has 34 heavy (non-hydrogen) atoms. The molecule has 1 unspecified atom stereocenters. The zero-order valence-corrected chi connectivity index (χ0v) is 20.2. The molecule has 2 heterocycles. The van der Waals surface area contributed by atoms with Gasteiger partial charge >= 0.3 is 5.97 Å². The molecule has 1 saturated carbocycles. The molecular formula is C26H30ClN5O2. The third-order valence-electron chi connectivity index (χ3n) is 6.39. The summed E-state index contributed by atoms with van der Waals surface area (Å²) in [5, 5.41) is 13.7. The van der Waals surface area contributed by atoms with Crippen LogP contribution < -0.4 is 5.32 Å². The van der Waals surface area contributed by atoms with Gasteiger partial charge < -0.3 is 14.6 Å². The van der Waals surface area contributed by atoms with E-state index < -0.39 is 0 Å². The minimum Gasteiger partial charge on any atom is -0.462 e. The average molecular weight is 480 g/mol. The second-order valence-electron chi connectivity index (χ2n) is 8.85. The Morgan fingerprint density at radius 2 is 2.15 bits per heavy atom. The maximum atomic E-state index is 12.0. The number of aromatic nitrogens is 3. The third-order valence-corrected chi connectivity index (χ3v) is 6.71. The number of halogens is 1. The molecule has 3 aromatic rings. The molecule has 0 radical (unpaired) electrons. The van der Waals surface area contributed by atoms with Crippen molar-refractivity contribution in [1.29, 1.82) is 5.26 Å². The number of nitriles is 1. The van der Waals surface area contributed by atoms with Crippen molar-refractivity contribution in [3.63, 3.8) is 0 Å². The van der Waals surface area contributed by atoms with Crippen LogP contribution in [0.25, 0.3) is 11.0 Å². The SMILES string of the molecule is CCCC(CCCCC(=O)OC1CCC1)n1ccc2c(Nc3ccc(C#N)cc3Cl)ncnc21. The Bertz CT molecular complexity index is 1180. The number of carbonyl (C=O) groups excluding carboxylic acids is 1. The standard InChI is InChI=1S/C26H30ClN5O2/c1-2-6-19(7-3-4-10-24(33)34-20-8-5-9-20)32-14-13-21-25(29-17-30-26(21)32)31-23-12-11-18(16-28)15-22(23)27/h11-15,17,19-20H,2-10H2,1H3,(H,29,30,31). The van der Waals surface area contributed by atoms with E-state index in [-0.39, 0.29) is 12.1 Å². The smallest absolute Gasteiger partial charge is 0.306 e. The Balaban J connectivity index is 1.43. The molecule has 0 saturated heterocycles. The summed E-state index contributed by atoms with van der Waals surface area (Å²) in [6.07, 6.45) is 12.3. The van der Waals surface area contributed by atoms with Crippen LogP contribution in [0.2, 0.25) is 5.02 Å². The van der Waals surface area contributed by atoms with Crippen LogP contribution in [0, 0.1) is 11.3 Å². The zero-order valence-electron chi connectivity index (χ0n) is 19.5. The van der Waals surface area contributed by atoms with Crippen molar-refractivity contribution >= 4 is 40.1 Å². The van der Waals surface area contributed by atoms with E-state index in [4.69, 9.17) is 21.6 Å². The van der Waals surface area contributed by atoms with Gasteiger partial charge in [-0.25, -0.2) is 9.97 Å². The predicted molar refractivity (Wildman–Crippen MR) is 133 cm³/mol. The number of esters is 1. The van der Waals surface area contributed by atoms with Crippen LogP contribution in [-0.4, -0.2) is 26.6 Å². The largest absolute Gasteiger partial charge is 0.462 e. The fourth-order valence-electron chi connectivity index (χ4n) is 4.32. The summed E-state index contributed by atoms with van der Waals surface area (Å²) in [6.45, 7) is 2.18. The van der Waals surface area contributed by atoms with Crippen molar-refractivity contribution in [1.82, 2.24) is 14.5 Å². The molecule has 1 aliphatic rings. The molecule has 1 N–H and O–H groups in total. The molecule has 0 spiro atoms. The lowest BCUT2D eigenvalue weighted by Crippen LogP contribution is -2.24. The highest BCUT2D eigenvalue weighted by Gasteiger charge is 2.21. The fraction of sp³-hybridized carbons (Fsp3) is 0.462. The number of nitrogens with zero attached hydrogens (tertiary/aromatic N) is 4. The number of carbonyl (C=O) groups is 1. The van der Waals surface area contributed by atoms with Crippen LogP contribution in [0.5, 0.6) is 0 Å². The van der Waals surface area contributed by atoms with Gasteiger partial charge in [0.05, 0.1) is 27.7 Å². The van der Waals surface area contributed by atoms with Crippen molar-refractivity contribution in [2.45, 2.75) is 76.9 Å². The van der Waals surface area contributed by atoms with Crippen LogP contribution in [0.4, 0.5) is 11.5 Å². The number of hydrogen-bond donors (Lipinski definition) is 1. The van der Waals surface area contributed by atoms with Crippen molar-refractivity contribution in [3.05, 3.63) is 47.4 Å². The predicted octanol–water partition coefficient (Wildman–Crippen LogP) is 6.70. The number of benzene rings is 1. The summed E-state index contributed by atoms with van der Waals surface area (Å²) in [4.78, 5) is 21.0. The van der Waals surface area contributed by atoms with Crippen molar-refractivity contribution in [2.75, 3.05) is 5.32 Å². The van der Waals surface area contributed by atoms with Crippen LogP contribution in [0.3, 0.4) is 0 Å². The summed E-state index contributed by atoms with van der Waals surface area (Å²) in [5.74, 6) is 0.609. The molecule has 1 aromatic carbocycles. The van der Waals surface area contributed by atoms with Crippen molar-refractivity contribution in [3.8, 4) is 6.07 Å². The molecule has 1 fully saturated rings. The first-order valence-corrected chi connectivity index (χ1v) is 12.4. The molecule has 1 atom stereocenters. The first-order chi connectivity index (χ1) is 16.6. The highest BCUT2D eigenvalue weighted by atomic mass is 35.5. The molecule has 8 heteroatoms. The topological polar surface area (TPSA) is 92.8 Å². The summed E-state index contributed by atoms with van der Waals surface area (Å²) >= 11 is 6.34. The third kappa shape index (κ3) is 5.68.